The molecule has 18 heavy (non-hydrogen) atoms. The highest BCUT2D eigenvalue weighted by Crippen LogP contribution is 2.20. The van der Waals surface area contributed by atoms with Crippen molar-refractivity contribution in [3.05, 3.63) is 42.2 Å². The first-order chi connectivity index (χ1) is 8.38. The highest BCUT2D eigenvalue weighted by atomic mass is 32.2. The fourth-order valence-electron chi connectivity index (χ4n) is 1.59. The molecule has 0 spiro atoms. The SMILES string of the molecule is Cc1cc(NS(=O)(=O)c2ccn(C)c2)ccc1N. The lowest BCUT2D eigenvalue weighted by Crippen LogP contribution is -2.12. The molecule has 0 bridgehead atoms. The molecule has 0 fully saturated rings. The largest absolute Gasteiger partial charge is 0.399 e. The molecule has 1 aromatic heterocycles. The molecule has 1 heterocycles. The van der Waals surface area contributed by atoms with Crippen molar-refractivity contribution in [2.75, 3.05) is 10.5 Å². The average Bonchev–Trinajstić information content (AvgIpc) is 2.71. The van der Waals surface area contributed by atoms with Crippen LogP contribution in [-0.2, 0) is 17.1 Å². The zero-order chi connectivity index (χ0) is 13.3. The summed E-state index contributed by atoms with van der Waals surface area (Å²) in [5.41, 5.74) is 7.66. The van der Waals surface area contributed by atoms with Crippen LogP contribution in [0.4, 0.5) is 11.4 Å². The lowest BCUT2D eigenvalue weighted by Gasteiger charge is -2.08. The minimum Gasteiger partial charge on any atom is -0.399 e. The van der Waals surface area contributed by atoms with Gasteiger partial charge in [0.15, 0.2) is 0 Å². The average molecular weight is 265 g/mol. The number of aromatic nitrogens is 1. The second kappa shape index (κ2) is 4.38. The summed E-state index contributed by atoms with van der Waals surface area (Å²) in [5.74, 6) is 0. The first-order valence-electron chi connectivity index (χ1n) is 5.39. The molecule has 0 atom stereocenters. The summed E-state index contributed by atoms with van der Waals surface area (Å²) in [4.78, 5) is 0.236. The molecule has 0 saturated carbocycles. The van der Waals surface area contributed by atoms with E-state index in [1.54, 1.807) is 48.3 Å². The van der Waals surface area contributed by atoms with Gasteiger partial charge in [-0.1, -0.05) is 0 Å². The zero-order valence-electron chi connectivity index (χ0n) is 10.2. The van der Waals surface area contributed by atoms with Gasteiger partial charge >= 0.3 is 0 Å². The standard InChI is InChI=1S/C12H15N3O2S/c1-9-7-10(3-4-12(9)13)14-18(16,17)11-5-6-15(2)8-11/h3-8,14H,13H2,1-2H3. The van der Waals surface area contributed by atoms with Crippen LogP contribution in [0.2, 0.25) is 0 Å². The van der Waals surface area contributed by atoms with Crippen molar-refractivity contribution in [2.24, 2.45) is 7.05 Å². The molecule has 0 aliphatic heterocycles. The molecule has 2 aromatic rings. The van der Waals surface area contributed by atoms with Gasteiger partial charge in [0.25, 0.3) is 10.0 Å². The molecule has 96 valence electrons. The molecule has 0 radical (unpaired) electrons. The van der Waals surface area contributed by atoms with Crippen molar-refractivity contribution in [3.63, 3.8) is 0 Å². The van der Waals surface area contributed by atoms with E-state index >= 15 is 0 Å². The maximum atomic E-state index is 12.1. The summed E-state index contributed by atoms with van der Waals surface area (Å²) in [6, 6.07) is 6.57. The van der Waals surface area contributed by atoms with E-state index in [1.807, 2.05) is 6.92 Å². The topological polar surface area (TPSA) is 77.1 Å². The first-order valence-corrected chi connectivity index (χ1v) is 6.88. The summed E-state index contributed by atoms with van der Waals surface area (Å²) in [6.45, 7) is 1.83. The molecule has 2 rings (SSSR count). The molecular weight excluding hydrogens is 250 g/mol. The number of hydrogen-bond acceptors (Lipinski definition) is 3. The third kappa shape index (κ3) is 2.48. The van der Waals surface area contributed by atoms with Crippen LogP contribution in [-0.4, -0.2) is 13.0 Å². The highest BCUT2D eigenvalue weighted by Gasteiger charge is 2.15. The predicted octanol–water partition coefficient (Wildman–Crippen LogP) is 1.72. The Morgan fingerprint density at radius 2 is 2.00 bits per heavy atom. The summed E-state index contributed by atoms with van der Waals surface area (Å²) < 4.78 is 28.3. The van der Waals surface area contributed by atoms with Crippen LogP contribution in [0.1, 0.15) is 5.56 Å². The number of nitrogens with zero attached hydrogens (tertiary/aromatic N) is 1. The van der Waals surface area contributed by atoms with E-state index in [2.05, 4.69) is 4.72 Å². The molecule has 0 aliphatic carbocycles. The number of nitrogens with one attached hydrogen (secondary N) is 1. The van der Waals surface area contributed by atoms with Gasteiger partial charge < -0.3 is 10.3 Å². The van der Waals surface area contributed by atoms with Gasteiger partial charge in [0.2, 0.25) is 0 Å². The number of hydrogen-bond donors (Lipinski definition) is 2. The van der Waals surface area contributed by atoms with Crippen LogP contribution >= 0.6 is 0 Å². The second-order valence-electron chi connectivity index (χ2n) is 4.19. The van der Waals surface area contributed by atoms with Gasteiger partial charge in [-0.05, 0) is 36.8 Å². The van der Waals surface area contributed by atoms with Crippen molar-refractivity contribution in [1.29, 1.82) is 0 Å². The molecule has 0 amide bonds. The summed E-state index contributed by atoms with van der Waals surface area (Å²) >= 11 is 0. The van der Waals surface area contributed by atoms with Crippen LogP contribution in [0.5, 0.6) is 0 Å². The quantitative estimate of drug-likeness (QED) is 0.829. The maximum Gasteiger partial charge on any atom is 0.263 e. The Labute approximate surface area is 106 Å². The number of benzene rings is 1. The van der Waals surface area contributed by atoms with Gasteiger partial charge in [-0.15, -0.1) is 0 Å². The van der Waals surface area contributed by atoms with E-state index in [9.17, 15) is 8.42 Å². The Bertz CT molecular complexity index is 674. The maximum absolute atomic E-state index is 12.1. The van der Waals surface area contributed by atoms with E-state index < -0.39 is 10.0 Å². The van der Waals surface area contributed by atoms with Crippen molar-refractivity contribution < 1.29 is 8.42 Å². The van der Waals surface area contributed by atoms with Crippen molar-refractivity contribution in [2.45, 2.75) is 11.8 Å². The van der Waals surface area contributed by atoms with Gasteiger partial charge in [-0.25, -0.2) is 8.42 Å². The van der Waals surface area contributed by atoms with Crippen molar-refractivity contribution >= 4 is 21.4 Å². The molecule has 1 aromatic carbocycles. The van der Waals surface area contributed by atoms with Crippen molar-refractivity contribution in [3.8, 4) is 0 Å². The number of nitrogens with two attached hydrogens (primary N) is 1. The van der Waals surface area contributed by atoms with Crippen LogP contribution in [0.15, 0.2) is 41.6 Å². The predicted molar refractivity (Wildman–Crippen MR) is 71.8 cm³/mol. The second-order valence-corrected chi connectivity index (χ2v) is 5.87. The lowest BCUT2D eigenvalue weighted by molar-refractivity contribution is 0.601. The molecule has 5 nitrogen and oxygen atoms in total. The van der Waals surface area contributed by atoms with E-state index in [0.717, 1.165) is 5.56 Å². The number of anilines is 2. The van der Waals surface area contributed by atoms with E-state index in [4.69, 9.17) is 5.73 Å². The summed E-state index contributed by atoms with van der Waals surface area (Å²) in [5, 5.41) is 0. The normalized spacial score (nSPS) is 11.4. The Hall–Kier alpha value is -1.95. The minimum absolute atomic E-state index is 0.236. The Morgan fingerprint density at radius 1 is 1.28 bits per heavy atom. The van der Waals surface area contributed by atoms with E-state index in [-0.39, 0.29) is 4.90 Å². The first kappa shape index (κ1) is 12.5. The molecule has 0 unspecified atom stereocenters. The molecule has 3 N–H and O–H groups in total. The van der Waals surface area contributed by atoms with Crippen molar-refractivity contribution in [1.82, 2.24) is 4.57 Å². The zero-order valence-corrected chi connectivity index (χ0v) is 11.0. The lowest BCUT2D eigenvalue weighted by atomic mass is 10.2. The highest BCUT2D eigenvalue weighted by molar-refractivity contribution is 7.92. The monoisotopic (exact) mass is 265 g/mol. The third-order valence-corrected chi connectivity index (χ3v) is 4.00. The third-order valence-electron chi connectivity index (χ3n) is 2.64. The summed E-state index contributed by atoms with van der Waals surface area (Å²) in [7, 11) is -1.76. The molecular formula is C12H15N3O2S. The Balaban J connectivity index is 2.30. The van der Waals surface area contributed by atoms with Crippen LogP contribution < -0.4 is 10.5 Å². The fraction of sp³-hybridized carbons (Fsp3) is 0.167. The van der Waals surface area contributed by atoms with Gasteiger partial charge in [0.1, 0.15) is 4.90 Å². The molecule has 0 saturated heterocycles. The molecule has 6 heteroatoms. The van der Waals surface area contributed by atoms with Gasteiger partial charge in [0, 0.05) is 30.8 Å². The number of rotatable bonds is 3. The minimum atomic E-state index is -3.53. The van der Waals surface area contributed by atoms with Crippen LogP contribution in [0, 0.1) is 6.92 Å². The van der Waals surface area contributed by atoms with Gasteiger partial charge in [-0.2, -0.15) is 0 Å². The Morgan fingerprint density at radius 3 is 2.56 bits per heavy atom. The molecule has 0 aliphatic rings. The van der Waals surface area contributed by atoms with Gasteiger partial charge in [-0.3, -0.25) is 4.72 Å². The number of aryl methyl sites for hydroxylation is 2. The van der Waals surface area contributed by atoms with E-state index in [0.29, 0.717) is 11.4 Å². The Kier molecular flexibility index (Phi) is 3.04. The van der Waals surface area contributed by atoms with Crippen LogP contribution in [0.25, 0.3) is 0 Å². The van der Waals surface area contributed by atoms with Gasteiger partial charge in [0.05, 0.1) is 0 Å². The number of sulfonamides is 1. The number of nitrogen functional groups attached to an aromatic ring is 1. The smallest absolute Gasteiger partial charge is 0.263 e. The van der Waals surface area contributed by atoms with E-state index in [1.165, 1.54) is 0 Å². The van der Waals surface area contributed by atoms with Crippen LogP contribution in [0.3, 0.4) is 0 Å². The fourth-order valence-corrected chi connectivity index (χ4v) is 2.69. The summed E-state index contributed by atoms with van der Waals surface area (Å²) in [6.07, 6.45) is 3.23.